The highest BCUT2D eigenvalue weighted by atomic mass is 32.2. The second-order valence-electron chi connectivity index (χ2n) is 4.22. The Morgan fingerprint density at radius 2 is 2.33 bits per heavy atom. The van der Waals surface area contributed by atoms with Crippen molar-refractivity contribution in [2.45, 2.75) is 10.9 Å². The van der Waals surface area contributed by atoms with Crippen LogP contribution in [-0.4, -0.2) is 25.7 Å². The van der Waals surface area contributed by atoms with E-state index in [0.717, 1.165) is 33.1 Å². The van der Waals surface area contributed by atoms with Gasteiger partial charge in [-0.2, -0.15) is 0 Å². The van der Waals surface area contributed by atoms with E-state index in [9.17, 15) is 4.79 Å². The molecule has 0 radical (unpaired) electrons. The van der Waals surface area contributed by atoms with Gasteiger partial charge in [0.1, 0.15) is 0 Å². The lowest BCUT2D eigenvalue weighted by molar-refractivity contribution is -0.131. The Morgan fingerprint density at radius 3 is 3.19 bits per heavy atom. The number of aliphatic carboxylic acids is 1. The highest BCUT2D eigenvalue weighted by Gasteiger charge is 2.06. The monoisotopic (exact) mass is 317 g/mol. The summed E-state index contributed by atoms with van der Waals surface area (Å²) in [5, 5.41) is 19.7. The standard InChI is InChI=1S/C14H11N3O2S2/c18-13(19)5-4-10-7-11(20-8-10)9-21-14-16-15-12-3-1-2-6-17(12)14/h1-8H,9H2,(H,18,19). The summed E-state index contributed by atoms with van der Waals surface area (Å²) < 4.78 is 1.95. The van der Waals surface area contributed by atoms with Crippen molar-refractivity contribution in [2.75, 3.05) is 0 Å². The molecule has 3 heterocycles. The number of carboxylic acids is 1. The van der Waals surface area contributed by atoms with Crippen LogP contribution in [0, 0.1) is 0 Å². The largest absolute Gasteiger partial charge is 0.478 e. The van der Waals surface area contributed by atoms with Crippen molar-refractivity contribution in [3.63, 3.8) is 0 Å². The van der Waals surface area contributed by atoms with Crippen LogP contribution in [0.25, 0.3) is 11.7 Å². The minimum Gasteiger partial charge on any atom is -0.478 e. The van der Waals surface area contributed by atoms with Gasteiger partial charge >= 0.3 is 5.97 Å². The van der Waals surface area contributed by atoms with Gasteiger partial charge in [0.05, 0.1) is 0 Å². The van der Waals surface area contributed by atoms with E-state index in [2.05, 4.69) is 10.2 Å². The highest BCUT2D eigenvalue weighted by molar-refractivity contribution is 7.98. The zero-order valence-corrected chi connectivity index (χ0v) is 12.5. The third-order valence-electron chi connectivity index (χ3n) is 2.72. The Hall–Kier alpha value is -2.12. The normalized spacial score (nSPS) is 11.4. The highest BCUT2D eigenvalue weighted by Crippen LogP contribution is 2.26. The quantitative estimate of drug-likeness (QED) is 0.578. The van der Waals surface area contributed by atoms with E-state index < -0.39 is 5.97 Å². The molecule has 0 saturated carbocycles. The van der Waals surface area contributed by atoms with Crippen LogP contribution in [0.3, 0.4) is 0 Å². The lowest BCUT2D eigenvalue weighted by Gasteiger charge is -1.97. The fourth-order valence-corrected chi connectivity index (χ4v) is 3.62. The van der Waals surface area contributed by atoms with Gasteiger partial charge in [0.25, 0.3) is 0 Å². The van der Waals surface area contributed by atoms with Gasteiger partial charge in [-0.15, -0.1) is 21.5 Å². The van der Waals surface area contributed by atoms with Crippen LogP contribution < -0.4 is 0 Å². The van der Waals surface area contributed by atoms with Crippen molar-refractivity contribution in [2.24, 2.45) is 0 Å². The third kappa shape index (κ3) is 3.32. The molecule has 0 unspecified atom stereocenters. The van der Waals surface area contributed by atoms with Gasteiger partial charge < -0.3 is 5.11 Å². The average molecular weight is 317 g/mol. The van der Waals surface area contributed by atoms with Gasteiger partial charge in [-0.1, -0.05) is 17.8 Å². The lowest BCUT2D eigenvalue weighted by atomic mass is 10.3. The number of carbonyl (C=O) groups is 1. The minimum absolute atomic E-state index is 0.779. The van der Waals surface area contributed by atoms with Crippen LogP contribution in [0.2, 0.25) is 0 Å². The summed E-state index contributed by atoms with van der Waals surface area (Å²) in [4.78, 5) is 11.6. The predicted octanol–water partition coefficient (Wildman–Crippen LogP) is 3.18. The van der Waals surface area contributed by atoms with Crippen LogP contribution in [0.1, 0.15) is 10.4 Å². The Bertz CT molecular complexity index is 807. The van der Waals surface area contributed by atoms with Gasteiger partial charge in [-0.25, -0.2) is 4.79 Å². The Balaban J connectivity index is 1.69. The van der Waals surface area contributed by atoms with Crippen LogP contribution in [0.5, 0.6) is 0 Å². The van der Waals surface area contributed by atoms with Gasteiger partial charge in [0, 0.05) is 22.9 Å². The molecular formula is C14H11N3O2S2. The molecular weight excluding hydrogens is 306 g/mol. The minimum atomic E-state index is -0.938. The molecule has 0 saturated heterocycles. The number of thioether (sulfide) groups is 1. The first-order valence-electron chi connectivity index (χ1n) is 6.13. The Kier molecular flexibility index (Phi) is 4.03. The molecule has 0 aliphatic heterocycles. The van der Waals surface area contributed by atoms with Crippen LogP contribution in [-0.2, 0) is 10.5 Å². The van der Waals surface area contributed by atoms with Crippen LogP contribution in [0.4, 0.5) is 0 Å². The second kappa shape index (κ2) is 6.11. The molecule has 7 heteroatoms. The molecule has 0 atom stereocenters. The number of nitrogens with zero attached hydrogens (tertiary/aromatic N) is 3. The number of hydrogen-bond acceptors (Lipinski definition) is 5. The zero-order chi connectivity index (χ0) is 14.7. The number of thiophene rings is 1. The summed E-state index contributed by atoms with van der Waals surface area (Å²) in [6, 6.07) is 7.77. The first-order valence-corrected chi connectivity index (χ1v) is 8.00. The van der Waals surface area contributed by atoms with E-state index in [1.807, 2.05) is 40.2 Å². The molecule has 0 amide bonds. The average Bonchev–Trinajstić information content (AvgIpc) is 3.10. The van der Waals surface area contributed by atoms with Crippen molar-refractivity contribution in [3.05, 3.63) is 52.4 Å². The summed E-state index contributed by atoms with van der Waals surface area (Å²) in [5.74, 6) is -0.159. The van der Waals surface area contributed by atoms with E-state index in [4.69, 9.17) is 5.11 Å². The van der Waals surface area contributed by atoms with Gasteiger partial charge in [-0.3, -0.25) is 4.40 Å². The van der Waals surface area contributed by atoms with Crippen LogP contribution >= 0.6 is 23.1 Å². The maximum Gasteiger partial charge on any atom is 0.328 e. The van der Waals surface area contributed by atoms with Crippen molar-refractivity contribution in [1.82, 2.24) is 14.6 Å². The van der Waals surface area contributed by atoms with Crippen molar-refractivity contribution in [3.8, 4) is 0 Å². The summed E-state index contributed by atoms with van der Waals surface area (Å²) >= 11 is 3.21. The number of pyridine rings is 1. The number of fused-ring (bicyclic) bond motifs is 1. The molecule has 0 fully saturated rings. The van der Waals surface area contributed by atoms with E-state index >= 15 is 0 Å². The Morgan fingerprint density at radius 1 is 1.43 bits per heavy atom. The molecule has 0 aromatic carbocycles. The molecule has 3 rings (SSSR count). The molecule has 3 aromatic heterocycles. The van der Waals surface area contributed by atoms with Crippen molar-refractivity contribution >= 4 is 40.8 Å². The Labute approximate surface area is 129 Å². The summed E-state index contributed by atoms with van der Waals surface area (Å²) in [6.07, 6.45) is 4.68. The molecule has 0 aliphatic rings. The van der Waals surface area contributed by atoms with Crippen LogP contribution in [0.15, 0.2) is 47.1 Å². The van der Waals surface area contributed by atoms with Gasteiger partial charge in [0.15, 0.2) is 10.8 Å². The maximum atomic E-state index is 10.5. The molecule has 3 aromatic rings. The molecule has 21 heavy (non-hydrogen) atoms. The summed E-state index contributed by atoms with van der Waals surface area (Å²) in [5.41, 5.74) is 1.74. The van der Waals surface area contributed by atoms with E-state index in [0.29, 0.717) is 0 Å². The topological polar surface area (TPSA) is 67.5 Å². The number of rotatable bonds is 5. The molecule has 1 N–H and O–H groups in total. The first kappa shape index (κ1) is 13.8. The lowest BCUT2D eigenvalue weighted by Crippen LogP contribution is -1.86. The summed E-state index contributed by atoms with van der Waals surface area (Å²) in [6.45, 7) is 0. The summed E-state index contributed by atoms with van der Waals surface area (Å²) in [7, 11) is 0. The van der Waals surface area contributed by atoms with E-state index in [1.165, 1.54) is 0 Å². The van der Waals surface area contributed by atoms with Gasteiger partial charge in [0.2, 0.25) is 0 Å². The third-order valence-corrected chi connectivity index (χ3v) is 4.85. The fraction of sp³-hybridized carbons (Fsp3) is 0.0714. The molecule has 5 nitrogen and oxygen atoms in total. The SMILES string of the molecule is O=C(O)C=Cc1csc(CSc2nnc3ccccn23)c1. The zero-order valence-electron chi connectivity index (χ0n) is 10.8. The molecule has 106 valence electrons. The van der Waals surface area contributed by atoms with Crippen molar-refractivity contribution in [1.29, 1.82) is 0 Å². The van der Waals surface area contributed by atoms with Gasteiger partial charge in [-0.05, 0) is 35.2 Å². The predicted molar refractivity (Wildman–Crippen MR) is 83.5 cm³/mol. The maximum absolute atomic E-state index is 10.5. The fourth-order valence-electron chi connectivity index (χ4n) is 1.78. The second-order valence-corrected chi connectivity index (χ2v) is 6.16. The molecule has 0 spiro atoms. The smallest absolute Gasteiger partial charge is 0.328 e. The van der Waals surface area contributed by atoms with E-state index in [1.54, 1.807) is 29.2 Å². The number of aromatic nitrogens is 3. The number of carboxylic acid groups (broad SMARTS) is 1. The number of hydrogen-bond donors (Lipinski definition) is 1. The van der Waals surface area contributed by atoms with E-state index in [-0.39, 0.29) is 0 Å². The molecule has 0 aliphatic carbocycles. The molecule has 0 bridgehead atoms. The first-order chi connectivity index (χ1) is 10.2. The van der Waals surface area contributed by atoms with Crippen molar-refractivity contribution < 1.29 is 9.90 Å².